The van der Waals surface area contributed by atoms with Gasteiger partial charge >= 0.3 is 0 Å². The molecule has 1 aliphatic rings. The van der Waals surface area contributed by atoms with Crippen molar-refractivity contribution in [3.63, 3.8) is 0 Å². The molecule has 0 radical (unpaired) electrons. The van der Waals surface area contributed by atoms with Crippen molar-refractivity contribution in [3.8, 4) is 5.75 Å². The molecule has 0 fully saturated rings. The summed E-state index contributed by atoms with van der Waals surface area (Å²) in [6, 6.07) is 6.79. The van der Waals surface area contributed by atoms with E-state index < -0.39 is 0 Å². The van der Waals surface area contributed by atoms with Gasteiger partial charge in [0.1, 0.15) is 5.75 Å². The molecule has 16 heavy (non-hydrogen) atoms. The maximum Gasteiger partial charge on any atom is 0.122 e. The summed E-state index contributed by atoms with van der Waals surface area (Å²) in [4.78, 5) is 0. The van der Waals surface area contributed by atoms with Crippen molar-refractivity contribution in [1.82, 2.24) is 5.32 Å². The summed E-state index contributed by atoms with van der Waals surface area (Å²) >= 11 is 0. The molecule has 0 bridgehead atoms. The number of hydrogen-bond acceptors (Lipinski definition) is 3. The normalized spacial score (nSPS) is 17.7. The number of rotatable bonds is 4. The van der Waals surface area contributed by atoms with Crippen molar-refractivity contribution in [1.29, 1.82) is 0 Å². The molecule has 0 aliphatic carbocycles. The van der Waals surface area contributed by atoms with E-state index >= 15 is 0 Å². The fourth-order valence-corrected chi connectivity index (χ4v) is 2.32. The fourth-order valence-electron chi connectivity index (χ4n) is 2.32. The Hall–Kier alpha value is -1.06. The monoisotopic (exact) mass is 220 g/mol. The highest BCUT2D eigenvalue weighted by atomic mass is 16.5. The van der Waals surface area contributed by atoms with Crippen LogP contribution in [0.5, 0.6) is 5.75 Å². The molecule has 2 unspecified atom stereocenters. The summed E-state index contributed by atoms with van der Waals surface area (Å²) in [6.07, 6.45) is 1.02. The predicted molar refractivity (Wildman–Crippen MR) is 65.7 cm³/mol. The first-order valence-corrected chi connectivity index (χ1v) is 5.89. The number of benzene rings is 1. The van der Waals surface area contributed by atoms with Crippen molar-refractivity contribution in [3.05, 3.63) is 29.3 Å². The second-order valence-corrected chi connectivity index (χ2v) is 4.44. The van der Waals surface area contributed by atoms with Gasteiger partial charge in [-0.2, -0.15) is 0 Å². The van der Waals surface area contributed by atoms with Crippen LogP contribution in [0.25, 0.3) is 0 Å². The summed E-state index contributed by atoms with van der Waals surface area (Å²) in [5.74, 6) is 1.48. The number of hydrogen-bond donors (Lipinski definition) is 2. The van der Waals surface area contributed by atoms with E-state index in [0.717, 1.165) is 18.8 Å². The molecule has 1 heterocycles. The Bertz CT molecular complexity index is 365. The van der Waals surface area contributed by atoms with E-state index in [0.29, 0.717) is 18.5 Å². The van der Waals surface area contributed by atoms with E-state index in [9.17, 15) is 0 Å². The van der Waals surface area contributed by atoms with Crippen molar-refractivity contribution in [2.24, 2.45) is 11.7 Å². The zero-order valence-corrected chi connectivity index (χ0v) is 9.99. The molecule has 0 saturated heterocycles. The van der Waals surface area contributed by atoms with Crippen LogP contribution in [0.4, 0.5) is 0 Å². The second-order valence-electron chi connectivity index (χ2n) is 4.44. The lowest BCUT2D eigenvalue weighted by Crippen LogP contribution is -2.28. The molecule has 88 valence electrons. The highest BCUT2D eigenvalue weighted by Gasteiger charge is 2.19. The summed E-state index contributed by atoms with van der Waals surface area (Å²) in [5, 5.41) is 3.34. The third-order valence-electron chi connectivity index (χ3n) is 3.32. The van der Waals surface area contributed by atoms with Gasteiger partial charge in [0.25, 0.3) is 0 Å². The molecule has 3 N–H and O–H groups in total. The minimum atomic E-state index is 0.330. The predicted octanol–water partition coefficient (Wildman–Crippen LogP) is 1.48. The van der Waals surface area contributed by atoms with Gasteiger partial charge in [-0.1, -0.05) is 19.1 Å². The highest BCUT2D eigenvalue weighted by molar-refractivity contribution is 5.40. The van der Waals surface area contributed by atoms with E-state index in [2.05, 4.69) is 30.4 Å². The second kappa shape index (κ2) is 4.85. The van der Waals surface area contributed by atoms with Crippen LogP contribution in [-0.2, 0) is 6.42 Å². The zero-order chi connectivity index (χ0) is 11.5. The van der Waals surface area contributed by atoms with E-state index in [1.165, 1.54) is 11.1 Å². The minimum absolute atomic E-state index is 0.330. The fraction of sp³-hybridized carbons (Fsp3) is 0.538. The van der Waals surface area contributed by atoms with Gasteiger partial charge in [-0.3, -0.25) is 0 Å². The van der Waals surface area contributed by atoms with E-state index in [1.807, 2.05) is 7.05 Å². The Morgan fingerprint density at radius 1 is 1.50 bits per heavy atom. The summed E-state index contributed by atoms with van der Waals surface area (Å²) in [5.41, 5.74) is 8.37. The zero-order valence-electron chi connectivity index (χ0n) is 9.99. The Morgan fingerprint density at radius 3 is 3.00 bits per heavy atom. The summed E-state index contributed by atoms with van der Waals surface area (Å²) in [7, 11) is 1.99. The van der Waals surface area contributed by atoms with E-state index in [4.69, 9.17) is 10.5 Å². The number of nitrogens with one attached hydrogen (secondary N) is 1. The molecule has 2 rings (SSSR count). The Morgan fingerprint density at radius 2 is 2.31 bits per heavy atom. The molecule has 2 atom stereocenters. The van der Waals surface area contributed by atoms with Crippen LogP contribution in [0.1, 0.15) is 24.1 Å². The largest absolute Gasteiger partial charge is 0.493 e. The first-order chi connectivity index (χ1) is 7.76. The smallest absolute Gasteiger partial charge is 0.122 e. The molecule has 3 heteroatoms. The Labute approximate surface area is 97.0 Å². The quantitative estimate of drug-likeness (QED) is 0.808. The van der Waals surface area contributed by atoms with Gasteiger partial charge in [0.15, 0.2) is 0 Å². The summed E-state index contributed by atoms with van der Waals surface area (Å²) in [6.45, 7) is 3.68. The third-order valence-corrected chi connectivity index (χ3v) is 3.32. The van der Waals surface area contributed by atoms with Crippen molar-refractivity contribution in [2.75, 3.05) is 20.2 Å². The maximum atomic E-state index is 5.73. The van der Waals surface area contributed by atoms with Crippen LogP contribution < -0.4 is 15.8 Å². The molecule has 3 nitrogen and oxygen atoms in total. The van der Waals surface area contributed by atoms with Crippen LogP contribution in [0.15, 0.2) is 18.2 Å². The molecule has 1 aromatic rings. The van der Waals surface area contributed by atoms with Gasteiger partial charge < -0.3 is 15.8 Å². The van der Waals surface area contributed by atoms with Gasteiger partial charge in [-0.15, -0.1) is 0 Å². The van der Waals surface area contributed by atoms with Crippen molar-refractivity contribution >= 4 is 0 Å². The lowest BCUT2D eigenvalue weighted by atomic mass is 9.93. The molecule has 0 amide bonds. The van der Waals surface area contributed by atoms with E-state index in [-0.39, 0.29) is 0 Å². The van der Waals surface area contributed by atoms with Crippen LogP contribution in [0.3, 0.4) is 0 Å². The molecule has 1 aliphatic heterocycles. The molecule has 0 saturated carbocycles. The van der Waals surface area contributed by atoms with Crippen LogP contribution in [0.2, 0.25) is 0 Å². The van der Waals surface area contributed by atoms with Gasteiger partial charge in [0, 0.05) is 12.5 Å². The molecule has 1 aromatic carbocycles. The number of nitrogens with two attached hydrogens (primary N) is 1. The highest BCUT2D eigenvalue weighted by Crippen LogP contribution is 2.30. The standard InChI is InChI=1S/C13H20N2O/c1-9(8-14)13(15-2)11-3-4-12-10(7-11)5-6-16-12/h3-4,7,9,13,15H,5-6,8,14H2,1-2H3. The number of fused-ring (bicyclic) bond motifs is 1. The first kappa shape index (κ1) is 11.4. The van der Waals surface area contributed by atoms with Crippen molar-refractivity contribution < 1.29 is 4.74 Å². The Balaban J connectivity index is 2.25. The first-order valence-electron chi connectivity index (χ1n) is 5.89. The minimum Gasteiger partial charge on any atom is -0.493 e. The lowest BCUT2D eigenvalue weighted by molar-refractivity contribution is 0.356. The van der Waals surface area contributed by atoms with Gasteiger partial charge in [0.2, 0.25) is 0 Å². The average Bonchev–Trinajstić information content (AvgIpc) is 2.77. The van der Waals surface area contributed by atoms with Gasteiger partial charge in [-0.05, 0) is 36.7 Å². The molecule has 0 spiro atoms. The topological polar surface area (TPSA) is 47.3 Å². The molecular weight excluding hydrogens is 200 g/mol. The molecular formula is C13H20N2O. The number of ether oxygens (including phenoxy) is 1. The maximum absolute atomic E-state index is 5.73. The van der Waals surface area contributed by atoms with Crippen molar-refractivity contribution in [2.45, 2.75) is 19.4 Å². The molecule has 0 aromatic heterocycles. The van der Waals surface area contributed by atoms with Crippen LogP contribution >= 0.6 is 0 Å². The van der Waals surface area contributed by atoms with Gasteiger partial charge in [0.05, 0.1) is 6.61 Å². The van der Waals surface area contributed by atoms with E-state index in [1.54, 1.807) is 0 Å². The van der Waals surface area contributed by atoms with Crippen LogP contribution in [0, 0.1) is 5.92 Å². The van der Waals surface area contributed by atoms with Gasteiger partial charge in [-0.25, -0.2) is 0 Å². The summed E-state index contributed by atoms with van der Waals surface area (Å²) < 4.78 is 5.51. The average molecular weight is 220 g/mol. The SMILES string of the molecule is CNC(c1ccc2c(c1)CCO2)C(C)CN. The lowest BCUT2D eigenvalue weighted by Gasteiger charge is -2.23. The van der Waals surface area contributed by atoms with Crippen LogP contribution in [-0.4, -0.2) is 20.2 Å². The Kier molecular flexibility index (Phi) is 3.46. The third kappa shape index (κ3) is 2.06.